The highest BCUT2D eigenvalue weighted by Gasteiger charge is 2.31. The van der Waals surface area contributed by atoms with Crippen molar-refractivity contribution in [3.63, 3.8) is 0 Å². The Kier molecular flexibility index (Phi) is 4.16. The molecule has 0 aromatic carbocycles. The van der Waals surface area contributed by atoms with Crippen molar-refractivity contribution in [2.75, 3.05) is 32.7 Å². The van der Waals surface area contributed by atoms with Crippen molar-refractivity contribution in [2.45, 2.75) is 26.2 Å². The fourth-order valence-electron chi connectivity index (χ4n) is 2.06. The first kappa shape index (κ1) is 11.0. The maximum Gasteiger partial charge on any atom is -0.000748 e. The van der Waals surface area contributed by atoms with Gasteiger partial charge in [0.05, 0.1) is 0 Å². The molecule has 1 saturated heterocycles. The van der Waals surface area contributed by atoms with Crippen molar-refractivity contribution in [2.24, 2.45) is 16.9 Å². The molecule has 0 saturated carbocycles. The molecule has 1 aliphatic heterocycles. The third-order valence-corrected chi connectivity index (χ3v) is 3.32. The molecule has 0 aliphatic carbocycles. The highest BCUT2D eigenvalue weighted by Crippen LogP contribution is 2.28. The molecular formula is C10H23N3. The molecule has 4 N–H and O–H groups in total. The van der Waals surface area contributed by atoms with Crippen molar-refractivity contribution in [1.82, 2.24) is 4.90 Å². The van der Waals surface area contributed by atoms with Gasteiger partial charge in [-0.15, -0.1) is 0 Å². The van der Waals surface area contributed by atoms with Crippen LogP contribution in [0.3, 0.4) is 0 Å². The molecule has 1 heterocycles. The van der Waals surface area contributed by atoms with Gasteiger partial charge in [0.2, 0.25) is 0 Å². The average molecular weight is 185 g/mol. The predicted molar refractivity (Wildman–Crippen MR) is 56.5 cm³/mol. The molecule has 13 heavy (non-hydrogen) atoms. The first-order valence-corrected chi connectivity index (χ1v) is 5.39. The van der Waals surface area contributed by atoms with E-state index in [1.165, 1.54) is 38.9 Å². The maximum atomic E-state index is 5.77. The molecule has 0 atom stereocenters. The molecule has 1 fully saturated rings. The predicted octanol–water partition coefficient (Wildman–Crippen LogP) is 0.396. The number of hydrogen-bond acceptors (Lipinski definition) is 3. The third-order valence-electron chi connectivity index (χ3n) is 3.32. The zero-order valence-corrected chi connectivity index (χ0v) is 8.76. The van der Waals surface area contributed by atoms with Crippen LogP contribution < -0.4 is 11.5 Å². The molecule has 0 amide bonds. The Morgan fingerprint density at radius 3 is 2.08 bits per heavy atom. The summed E-state index contributed by atoms with van der Waals surface area (Å²) < 4.78 is 0. The van der Waals surface area contributed by atoms with E-state index >= 15 is 0 Å². The fraction of sp³-hybridized carbons (Fsp3) is 1.00. The van der Waals surface area contributed by atoms with E-state index in [0.717, 1.165) is 13.1 Å². The second-order valence-corrected chi connectivity index (χ2v) is 4.25. The summed E-state index contributed by atoms with van der Waals surface area (Å²) in [6.45, 7) is 7.33. The van der Waals surface area contributed by atoms with E-state index in [1.807, 2.05) is 0 Å². The lowest BCUT2D eigenvalue weighted by molar-refractivity contribution is 0.116. The van der Waals surface area contributed by atoms with Gasteiger partial charge in [-0.1, -0.05) is 6.92 Å². The standard InChI is InChI=1S/C10H23N3/c1-2-5-13-6-3-10(8-11,9-12)4-7-13/h2-9,11-12H2,1H3. The number of likely N-dealkylation sites (tertiary alicyclic amines) is 1. The Hall–Kier alpha value is -0.120. The molecule has 1 rings (SSSR count). The molecule has 1 aliphatic rings. The zero-order valence-electron chi connectivity index (χ0n) is 8.76. The second kappa shape index (κ2) is 4.94. The zero-order chi connectivity index (χ0) is 9.73. The Balaban J connectivity index is 2.36. The van der Waals surface area contributed by atoms with Crippen molar-refractivity contribution in [1.29, 1.82) is 0 Å². The summed E-state index contributed by atoms with van der Waals surface area (Å²) in [6, 6.07) is 0. The largest absolute Gasteiger partial charge is 0.330 e. The maximum absolute atomic E-state index is 5.77. The molecule has 78 valence electrons. The smallest absolute Gasteiger partial charge is 0.000748 e. The second-order valence-electron chi connectivity index (χ2n) is 4.25. The normalized spacial score (nSPS) is 23.3. The number of piperidine rings is 1. The summed E-state index contributed by atoms with van der Waals surface area (Å²) in [5.74, 6) is 0. The summed E-state index contributed by atoms with van der Waals surface area (Å²) in [6.07, 6.45) is 3.61. The molecular weight excluding hydrogens is 162 g/mol. The van der Waals surface area contributed by atoms with Crippen LogP contribution in [0.4, 0.5) is 0 Å². The highest BCUT2D eigenvalue weighted by molar-refractivity contribution is 4.87. The number of nitrogens with zero attached hydrogens (tertiary/aromatic N) is 1. The first-order chi connectivity index (χ1) is 6.26. The summed E-state index contributed by atoms with van der Waals surface area (Å²) in [5, 5.41) is 0. The molecule has 0 bridgehead atoms. The number of rotatable bonds is 4. The van der Waals surface area contributed by atoms with Gasteiger partial charge < -0.3 is 16.4 Å². The molecule has 0 aromatic heterocycles. The van der Waals surface area contributed by atoms with Crippen molar-refractivity contribution in [3.8, 4) is 0 Å². The quantitative estimate of drug-likeness (QED) is 0.666. The Morgan fingerprint density at radius 2 is 1.69 bits per heavy atom. The van der Waals surface area contributed by atoms with Crippen LogP contribution in [-0.4, -0.2) is 37.6 Å². The summed E-state index contributed by atoms with van der Waals surface area (Å²) >= 11 is 0. The van der Waals surface area contributed by atoms with E-state index in [1.54, 1.807) is 0 Å². The van der Waals surface area contributed by atoms with Gasteiger partial charge in [-0.3, -0.25) is 0 Å². The van der Waals surface area contributed by atoms with Gasteiger partial charge in [0, 0.05) is 0 Å². The number of hydrogen-bond donors (Lipinski definition) is 2. The Labute approximate surface area is 81.5 Å². The van der Waals surface area contributed by atoms with Gasteiger partial charge in [-0.05, 0) is 57.4 Å². The minimum Gasteiger partial charge on any atom is -0.330 e. The summed E-state index contributed by atoms with van der Waals surface area (Å²) in [5.41, 5.74) is 11.8. The van der Waals surface area contributed by atoms with E-state index in [0.29, 0.717) is 0 Å². The molecule has 0 spiro atoms. The minimum absolute atomic E-state index is 0.254. The SMILES string of the molecule is CCCN1CCC(CN)(CN)CC1. The lowest BCUT2D eigenvalue weighted by atomic mass is 9.78. The van der Waals surface area contributed by atoms with Crippen LogP contribution >= 0.6 is 0 Å². The molecule has 0 unspecified atom stereocenters. The third kappa shape index (κ3) is 2.66. The minimum atomic E-state index is 0.254. The van der Waals surface area contributed by atoms with Crippen LogP contribution in [0.1, 0.15) is 26.2 Å². The van der Waals surface area contributed by atoms with Crippen LogP contribution in [0.15, 0.2) is 0 Å². The van der Waals surface area contributed by atoms with Crippen molar-refractivity contribution in [3.05, 3.63) is 0 Å². The van der Waals surface area contributed by atoms with E-state index in [9.17, 15) is 0 Å². The van der Waals surface area contributed by atoms with Gasteiger partial charge in [-0.2, -0.15) is 0 Å². The van der Waals surface area contributed by atoms with Gasteiger partial charge in [0.1, 0.15) is 0 Å². The monoisotopic (exact) mass is 185 g/mol. The lowest BCUT2D eigenvalue weighted by Gasteiger charge is -2.40. The van der Waals surface area contributed by atoms with E-state index < -0.39 is 0 Å². The Morgan fingerprint density at radius 1 is 1.15 bits per heavy atom. The molecule has 0 aromatic rings. The Bertz CT molecular complexity index is 133. The van der Waals surface area contributed by atoms with E-state index in [2.05, 4.69) is 11.8 Å². The van der Waals surface area contributed by atoms with Crippen molar-refractivity contribution < 1.29 is 0 Å². The van der Waals surface area contributed by atoms with Gasteiger partial charge in [-0.25, -0.2) is 0 Å². The molecule has 0 radical (unpaired) electrons. The first-order valence-electron chi connectivity index (χ1n) is 5.39. The summed E-state index contributed by atoms with van der Waals surface area (Å²) in [7, 11) is 0. The van der Waals surface area contributed by atoms with Crippen LogP contribution in [0.25, 0.3) is 0 Å². The van der Waals surface area contributed by atoms with Crippen LogP contribution in [-0.2, 0) is 0 Å². The number of nitrogens with two attached hydrogens (primary N) is 2. The average Bonchev–Trinajstić information content (AvgIpc) is 2.20. The fourth-order valence-corrected chi connectivity index (χ4v) is 2.06. The van der Waals surface area contributed by atoms with E-state index in [4.69, 9.17) is 11.5 Å². The van der Waals surface area contributed by atoms with Gasteiger partial charge in [0.25, 0.3) is 0 Å². The van der Waals surface area contributed by atoms with Gasteiger partial charge >= 0.3 is 0 Å². The molecule has 3 heteroatoms. The van der Waals surface area contributed by atoms with Crippen LogP contribution in [0.5, 0.6) is 0 Å². The van der Waals surface area contributed by atoms with E-state index in [-0.39, 0.29) is 5.41 Å². The summed E-state index contributed by atoms with van der Waals surface area (Å²) in [4.78, 5) is 2.52. The topological polar surface area (TPSA) is 55.3 Å². The van der Waals surface area contributed by atoms with Crippen LogP contribution in [0, 0.1) is 5.41 Å². The highest BCUT2D eigenvalue weighted by atomic mass is 15.1. The lowest BCUT2D eigenvalue weighted by Crippen LogP contribution is -2.47. The molecule has 3 nitrogen and oxygen atoms in total. The van der Waals surface area contributed by atoms with Crippen LogP contribution in [0.2, 0.25) is 0 Å². The van der Waals surface area contributed by atoms with Crippen molar-refractivity contribution >= 4 is 0 Å². The van der Waals surface area contributed by atoms with Gasteiger partial charge in [0.15, 0.2) is 0 Å².